The van der Waals surface area contributed by atoms with Crippen molar-refractivity contribution in [2.24, 2.45) is 0 Å². The van der Waals surface area contributed by atoms with Crippen LogP contribution in [0, 0.1) is 0 Å². The lowest BCUT2D eigenvalue weighted by atomic mass is 10.0. The molecule has 0 amide bonds. The molecule has 32 heavy (non-hydrogen) atoms. The molecule has 182 valence electrons. The molecule has 0 atom stereocenters. The number of hydrogen-bond donors (Lipinski definition) is 1. The van der Waals surface area contributed by atoms with Crippen molar-refractivity contribution in [2.75, 3.05) is 7.11 Å². The topological polar surface area (TPSA) is 46.5 Å². The average Bonchev–Trinajstić information content (AvgIpc) is 2.80. The molecule has 1 rings (SSSR count). The number of aromatic hydroxyl groups is 1. The van der Waals surface area contributed by atoms with Crippen molar-refractivity contribution in [3.63, 3.8) is 0 Å². The summed E-state index contributed by atoms with van der Waals surface area (Å²) in [7, 11) is 1.50. The predicted octanol–water partition coefficient (Wildman–Crippen LogP) is 9.18. The fourth-order valence-corrected chi connectivity index (χ4v) is 4.12. The number of benzene rings is 1. The summed E-state index contributed by atoms with van der Waals surface area (Å²) in [4.78, 5) is 12.1. The molecule has 1 aromatic rings. The first kappa shape index (κ1) is 28.3. The van der Waals surface area contributed by atoms with Gasteiger partial charge in [-0.15, -0.1) is 0 Å². The summed E-state index contributed by atoms with van der Waals surface area (Å²) in [6.45, 7) is 2.28. The van der Waals surface area contributed by atoms with Crippen LogP contribution in [0.25, 0.3) is 0 Å². The van der Waals surface area contributed by atoms with E-state index in [1.54, 1.807) is 18.2 Å². The monoisotopic (exact) mass is 444 g/mol. The Morgan fingerprint density at radius 2 is 1.25 bits per heavy atom. The van der Waals surface area contributed by atoms with Gasteiger partial charge in [0.15, 0.2) is 17.3 Å². The van der Waals surface area contributed by atoms with E-state index >= 15 is 0 Å². The molecule has 3 nitrogen and oxygen atoms in total. The highest BCUT2D eigenvalue weighted by Crippen LogP contribution is 2.26. The third kappa shape index (κ3) is 14.3. The molecule has 0 saturated carbocycles. The number of carbonyl (C=O) groups excluding carboxylic acids is 1. The van der Waals surface area contributed by atoms with Crippen LogP contribution < -0.4 is 4.74 Å². The normalized spacial score (nSPS) is 11.3. The summed E-state index contributed by atoms with van der Waals surface area (Å²) in [5.41, 5.74) is 0.488. The molecule has 0 aliphatic heterocycles. The van der Waals surface area contributed by atoms with E-state index in [1.807, 2.05) is 6.08 Å². The van der Waals surface area contributed by atoms with Crippen LogP contribution in [0.4, 0.5) is 0 Å². The molecule has 0 aliphatic rings. The van der Waals surface area contributed by atoms with Crippen LogP contribution in [-0.4, -0.2) is 18.0 Å². The van der Waals surface area contributed by atoms with Crippen LogP contribution in [0.2, 0.25) is 0 Å². The summed E-state index contributed by atoms with van der Waals surface area (Å²) in [6, 6.07) is 4.76. The molecule has 0 radical (unpaired) electrons. The summed E-state index contributed by atoms with van der Waals surface area (Å²) < 4.78 is 5.00. The minimum Gasteiger partial charge on any atom is -0.504 e. The first-order valence-electron chi connectivity index (χ1n) is 13.3. The predicted molar refractivity (Wildman–Crippen MR) is 137 cm³/mol. The summed E-state index contributed by atoms with van der Waals surface area (Å²) in [5, 5.41) is 9.77. The zero-order valence-corrected chi connectivity index (χ0v) is 20.9. The Kier molecular flexibility index (Phi) is 17.6. The van der Waals surface area contributed by atoms with Crippen molar-refractivity contribution in [1.82, 2.24) is 0 Å². The smallest absolute Gasteiger partial charge is 0.185 e. The van der Waals surface area contributed by atoms with Crippen LogP contribution in [0.1, 0.15) is 133 Å². The lowest BCUT2D eigenvalue weighted by Crippen LogP contribution is -1.94. The highest BCUT2D eigenvalue weighted by atomic mass is 16.5. The summed E-state index contributed by atoms with van der Waals surface area (Å²) in [6.07, 6.45) is 27.9. The first-order valence-corrected chi connectivity index (χ1v) is 13.3. The van der Waals surface area contributed by atoms with Crippen molar-refractivity contribution in [3.05, 3.63) is 35.9 Å². The van der Waals surface area contributed by atoms with E-state index in [0.29, 0.717) is 11.3 Å². The van der Waals surface area contributed by atoms with Crippen LogP contribution in [0.3, 0.4) is 0 Å². The van der Waals surface area contributed by atoms with Gasteiger partial charge in [0, 0.05) is 5.56 Å². The average molecular weight is 445 g/mol. The molecule has 0 bridgehead atoms. The van der Waals surface area contributed by atoms with Gasteiger partial charge in [0.1, 0.15) is 0 Å². The van der Waals surface area contributed by atoms with Crippen molar-refractivity contribution in [2.45, 2.75) is 122 Å². The van der Waals surface area contributed by atoms with Gasteiger partial charge in [0.25, 0.3) is 0 Å². The molecule has 0 unspecified atom stereocenters. The lowest BCUT2D eigenvalue weighted by molar-refractivity contribution is 0.104. The SMILES string of the molecule is CCCCCCCCCCCCCCCCCCC/C=C/C(=O)c1ccc(OC)c(O)c1. The Bertz CT molecular complexity index is 621. The van der Waals surface area contributed by atoms with E-state index in [0.717, 1.165) is 12.8 Å². The maximum Gasteiger partial charge on any atom is 0.185 e. The number of hydrogen-bond acceptors (Lipinski definition) is 3. The molecule has 3 heteroatoms. The molecule has 0 saturated heterocycles. The highest BCUT2D eigenvalue weighted by molar-refractivity contribution is 6.04. The van der Waals surface area contributed by atoms with E-state index in [1.165, 1.54) is 116 Å². The maximum atomic E-state index is 12.1. The number of ether oxygens (including phenoxy) is 1. The number of ketones is 1. The quantitative estimate of drug-likeness (QED) is 0.117. The van der Waals surface area contributed by atoms with E-state index in [4.69, 9.17) is 4.74 Å². The Labute approximate surface area is 197 Å². The van der Waals surface area contributed by atoms with Crippen LogP contribution in [0.15, 0.2) is 30.4 Å². The van der Waals surface area contributed by atoms with Crippen LogP contribution >= 0.6 is 0 Å². The van der Waals surface area contributed by atoms with Gasteiger partial charge in [-0.3, -0.25) is 4.79 Å². The van der Waals surface area contributed by atoms with Gasteiger partial charge in [0.2, 0.25) is 0 Å². The second-order valence-corrected chi connectivity index (χ2v) is 9.10. The van der Waals surface area contributed by atoms with Crippen molar-refractivity contribution >= 4 is 5.78 Å². The fourth-order valence-electron chi connectivity index (χ4n) is 4.12. The Morgan fingerprint density at radius 1 is 0.781 bits per heavy atom. The van der Waals surface area contributed by atoms with E-state index in [2.05, 4.69) is 6.92 Å². The minimum absolute atomic E-state index is 0.0000776. The lowest BCUT2D eigenvalue weighted by Gasteiger charge is -2.04. The molecular formula is C29H48O3. The number of phenols is 1. The third-order valence-electron chi connectivity index (χ3n) is 6.21. The van der Waals surface area contributed by atoms with Crippen molar-refractivity contribution < 1.29 is 14.6 Å². The number of carbonyl (C=O) groups is 1. The summed E-state index contributed by atoms with van der Waals surface area (Å²) >= 11 is 0. The van der Waals surface area contributed by atoms with E-state index in [-0.39, 0.29) is 11.5 Å². The van der Waals surface area contributed by atoms with Crippen LogP contribution in [0.5, 0.6) is 11.5 Å². The van der Waals surface area contributed by atoms with Gasteiger partial charge in [0.05, 0.1) is 7.11 Å². The molecule has 1 aromatic carbocycles. The number of methoxy groups -OCH3 is 1. The van der Waals surface area contributed by atoms with E-state index < -0.39 is 0 Å². The molecule has 0 fully saturated rings. The Hall–Kier alpha value is -1.77. The van der Waals surface area contributed by atoms with E-state index in [9.17, 15) is 9.90 Å². The second-order valence-electron chi connectivity index (χ2n) is 9.10. The maximum absolute atomic E-state index is 12.1. The molecule has 0 aromatic heterocycles. The van der Waals surface area contributed by atoms with Gasteiger partial charge in [-0.05, 0) is 37.1 Å². The zero-order chi connectivity index (χ0) is 23.3. The first-order chi connectivity index (χ1) is 15.7. The largest absolute Gasteiger partial charge is 0.504 e. The van der Waals surface area contributed by atoms with Crippen molar-refractivity contribution in [3.8, 4) is 11.5 Å². The summed E-state index contributed by atoms with van der Waals surface area (Å²) in [5.74, 6) is 0.309. The van der Waals surface area contributed by atoms with Crippen LogP contribution in [-0.2, 0) is 0 Å². The molecular weight excluding hydrogens is 396 g/mol. The van der Waals surface area contributed by atoms with Crippen molar-refractivity contribution in [1.29, 1.82) is 0 Å². The van der Waals surface area contributed by atoms with Gasteiger partial charge in [-0.2, -0.15) is 0 Å². The second kappa shape index (κ2) is 19.9. The number of rotatable bonds is 21. The molecule has 1 N–H and O–H groups in total. The zero-order valence-electron chi connectivity index (χ0n) is 20.9. The molecule has 0 spiro atoms. The number of unbranched alkanes of at least 4 members (excludes halogenated alkanes) is 17. The van der Waals surface area contributed by atoms with Gasteiger partial charge < -0.3 is 9.84 Å². The Morgan fingerprint density at radius 3 is 1.69 bits per heavy atom. The van der Waals surface area contributed by atoms with Gasteiger partial charge in [-0.1, -0.05) is 116 Å². The van der Waals surface area contributed by atoms with Gasteiger partial charge >= 0.3 is 0 Å². The standard InChI is InChI=1S/C29H48O3/c1-3-4-5-6-7-8-9-10-11-12-13-14-15-16-17-18-19-20-21-22-27(30)26-23-24-29(32-2)28(31)25-26/h21-25,31H,3-20H2,1-2H3/b22-21+. The number of allylic oxidation sites excluding steroid dienone is 2. The fraction of sp³-hybridized carbons (Fsp3) is 0.690. The number of phenolic OH excluding ortho intramolecular Hbond substituents is 1. The Balaban J connectivity index is 1.88. The molecule has 0 heterocycles. The molecule has 0 aliphatic carbocycles. The third-order valence-corrected chi connectivity index (χ3v) is 6.21. The minimum atomic E-state index is -0.0741. The van der Waals surface area contributed by atoms with Gasteiger partial charge in [-0.25, -0.2) is 0 Å². The highest BCUT2D eigenvalue weighted by Gasteiger charge is 2.06.